The number of carbonyl (C=O) groups excluding carboxylic acids is 2. The zero-order chi connectivity index (χ0) is 17.7. The van der Waals surface area contributed by atoms with Gasteiger partial charge in [0.1, 0.15) is 6.42 Å². The Labute approximate surface area is 151 Å². The molecule has 0 spiro atoms. The Morgan fingerprint density at radius 1 is 1.00 bits per heavy atom. The van der Waals surface area contributed by atoms with E-state index in [0.29, 0.717) is 10.7 Å². The van der Waals surface area contributed by atoms with Gasteiger partial charge in [-0.1, -0.05) is 54.4 Å². The molecule has 2 N–H and O–H groups in total. The van der Waals surface area contributed by atoms with E-state index < -0.39 is 5.91 Å². The van der Waals surface area contributed by atoms with Crippen LogP contribution in [0, 0.1) is 6.92 Å². The first-order valence-corrected chi connectivity index (χ1v) is 8.30. The molecule has 0 aliphatic carbocycles. The van der Waals surface area contributed by atoms with Gasteiger partial charge in [0.2, 0.25) is 11.8 Å². The molecular formula is C18H18Cl2N2O2. The lowest BCUT2D eigenvalue weighted by molar-refractivity contribution is -0.123. The van der Waals surface area contributed by atoms with E-state index in [0.717, 1.165) is 23.2 Å². The molecule has 0 saturated heterocycles. The number of anilines is 2. The quantitative estimate of drug-likeness (QED) is 0.746. The molecule has 0 unspecified atom stereocenters. The number of hydrogen-bond donors (Lipinski definition) is 2. The molecule has 2 aromatic carbocycles. The third-order valence-corrected chi connectivity index (χ3v) is 4.37. The average Bonchev–Trinajstić information content (AvgIpc) is 2.53. The summed E-state index contributed by atoms with van der Waals surface area (Å²) >= 11 is 11.9. The standard InChI is InChI=1S/C18H18Cl2N2O2/c1-3-12-7-4-6-11(2)18(12)22-16(24)10-15(23)21-14-9-5-8-13(19)17(14)20/h4-9H,3,10H2,1-2H3,(H,21,23)(H,22,24). The van der Waals surface area contributed by atoms with Crippen molar-refractivity contribution in [1.82, 2.24) is 0 Å². The van der Waals surface area contributed by atoms with Gasteiger partial charge in [0, 0.05) is 5.69 Å². The lowest BCUT2D eigenvalue weighted by atomic mass is 10.1. The summed E-state index contributed by atoms with van der Waals surface area (Å²) < 4.78 is 0. The minimum atomic E-state index is -0.455. The van der Waals surface area contributed by atoms with Crippen molar-refractivity contribution in [2.45, 2.75) is 26.7 Å². The summed E-state index contributed by atoms with van der Waals surface area (Å²) in [6.45, 7) is 3.93. The molecule has 24 heavy (non-hydrogen) atoms. The molecule has 2 rings (SSSR count). The zero-order valence-electron chi connectivity index (χ0n) is 13.5. The van der Waals surface area contributed by atoms with Crippen molar-refractivity contribution in [2.75, 3.05) is 10.6 Å². The number of aryl methyl sites for hydroxylation is 2. The van der Waals surface area contributed by atoms with Crippen LogP contribution in [0.3, 0.4) is 0 Å². The third-order valence-electron chi connectivity index (χ3n) is 3.55. The Hall–Kier alpha value is -2.04. The van der Waals surface area contributed by atoms with Gasteiger partial charge in [0.15, 0.2) is 0 Å². The second-order valence-corrected chi connectivity index (χ2v) is 6.12. The van der Waals surface area contributed by atoms with Gasteiger partial charge in [-0.25, -0.2) is 0 Å². The molecule has 2 aromatic rings. The normalized spacial score (nSPS) is 10.3. The van der Waals surface area contributed by atoms with Crippen LogP contribution in [-0.4, -0.2) is 11.8 Å². The molecule has 0 aromatic heterocycles. The highest BCUT2D eigenvalue weighted by Crippen LogP contribution is 2.29. The van der Waals surface area contributed by atoms with E-state index in [1.807, 2.05) is 32.0 Å². The summed E-state index contributed by atoms with van der Waals surface area (Å²) in [5, 5.41) is 6.00. The number of amides is 2. The Kier molecular flexibility index (Phi) is 6.23. The molecule has 0 heterocycles. The Bertz CT molecular complexity index is 776. The van der Waals surface area contributed by atoms with Crippen molar-refractivity contribution < 1.29 is 9.59 Å². The van der Waals surface area contributed by atoms with Crippen LogP contribution in [0.2, 0.25) is 10.0 Å². The number of nitrogens with one attached hydrogen (secondary N) is 2. The maximum Gasteiger partial charge on any atom is 0.233 e. The van der Waals surface area contributed by atoms with Crippen molar-refractivity contribution in [1.29, 1.82) is 0 Å². The summed E-state index contributed by atoms with van der Waals surface area (Å²) in [6.07, 6.45) is 0.488. The molecule has 0 bridgehead atoms. The second kappa shape index (κ2) is 8.18. The van der Waals surface area contributed by atoms with Gasteiger partial charge in [-0.2, -0.15) is 0 Å². The number of benzene rings is 2. The fraction of sp³-hybridized carbons (Fsp3) is 0.222. The van der Waals surface area contributed by atoms with Gasteiger partial charge in [0.25, 0.3) is 0 Å². The zero-order valence-corrected chi connectivity index (χ0v) is 15.0. The van der Waals surface area contributed by atoms with Crippen LogP contribution >= 0.6 is 23.2 Å². The minimum Gasteiger partial charge on any atom is -0.325 e. The summed E-state index contributed by atoms with van der Waals surface area (Å²) in [5.41, 5.74) is 3.13. The van der Waals surface area contributed by atoms with Crippen molar-refractivity contribution in [2.24, 2.45) is 0 Å². The first-order chi connectivity index (χ1) is 11.4. The Morgan fingerprint density at radius 3 is 2.38 bits per heavy atom. The molecule has 0 fully saturated rings. The lowest BCUT2D eigenvalue weighted by Gasteiger charge is -2.13. The topological polar surface area (TPSA) is 58.2 Å². The molecule has 2 amide bonds. The summed E-state index contributed by atoms with van der Waals surface area (Å²) in [6, 6.07) is 10.7. The lowest BCUT2D eigenvalue weighted by Crippen LogP contribution is -2.22. The number of halogens is 2. The Balaban J connectivity index is 2.02. The first kappa shape index (κ1) is 18.3. The largest absolute Gasteiger partial charge is 0.325 e. The molecule has 0 aliphatic heterocycles. The fourth-order valence-corrected chi connectivity index (χ4v) is 2.67. The highest BCUT2D eigenvalue weighted by atomic mass is 35.5. The van der Waals surface area contributed by atoms with Crippen LogP contribution in [0.5, 0.6) is 0 Å². The fourth-order valence-electron chi connectivity index (χ4n) is 2.33. The molecule has 0 aliphatic rings. The van der Waals surface area contributed by atoms with Gasteiger partial charge in [-0.3, -0.25) is 9.59 Å². The number of hydrogen-bond acceptors (Lipinski definition) is 2. The van der Waals surface area contributed by atoms with Crippen molar-refractivity contribution >= 4 is 46.4 Å². The number of para-hydroxylation sites is 1. The van der Waals surface area contributed by atoms with Crippen LogP contribution in [0.25, 0.3) is 0 Å². The maximum atomic E-state index is 12.2. The van der Waals surface area contributed by atoms with E-state index >= 15 is 0 Å². The van der Waals surface area contributed by atoms with Crippen LogP contribution in [-0.2, 0) is 16.0 Å². The van der Waals surface area contributed by atoms with E-state index in [-0.39, 0.29) is 17.4 Å². The molecule has 0 saturated carbocycles. The predicted octanol–water partition coefficient (Wildman–Crippen LogP) is 4.83. The van der Waals surface area contributed by atoms with Gasteiger partial charge in [-0.05, 0) is 36.6 Å². The molecular weight excluding hydrogens is 347 g/mol. The Morgan fingerprint density at radius 2 is 1.67 bits per heavy atom. The SMILES string of the molecule is CCc1cccc(C)c1NC(=O)CC(=O)Nc1cccc(Cl)c1Cl. The summed E-state index contributed by atoms with van der Waals surface area (Å²) in [7, 11) is 0. The molecule has 0 atom stereocenters. The van der Waals surface area contributed by atoms with Gasteiger partial charge >= 0.3 is 0 Å². The van der Waals surface area contributed by atoms with E-state index in [4.69, 9.17) is 23.2 Å². The van der Waals surface area contributed by atoms with Crippen LogP contribution < -0.4 is 10.6 Å². The van der Waals surface area contributed by atoms with Crippen LogP contribution in [0.15, 0.2) is 36.4 Å². The molecule has 6 heteroatoms. The van der Waals surface area contributed by atoms with E-state index in [2.05, 4.69) is 10.6 Å². The second-order valence-electron chi connectivity index (χ2n) is 5.34. The highest BCUT2D eigenvalue weighted by molar-refractivity contribution is 6.44. The minimum absolute atomic E-state index is 0.250. The van der Waals surface area contributed by atoms with Crippen LogP contribution in [0.4, 0.5) is 11.4 Å². The van der Waals surface area contributed by atoms with Crippen molar-refractivity contribution in [3.8, 4) is 0 Å². The predicted molar refractivity (Wildman–Crippen MR) is 98.9 cm³/mol. The van der Waals surface area contributed by atoms with Crippen LogP contribution in [0.1, 0.15) is 24.5 Å². The third kappa shape index (κ3) is 4.49. The maximum absolute atomic E-state index is 12.2. The summed E-state index contributed by atoms with van der Waals surface area (Å²) in [5.74, 6) is -0.835. The summed E-state index contributed by atoms with van der Waals surface area (Å²) in [4.78, 5) is 24.2. The molecule has 126 valence electrons. The monoisotopic (exact) mass is 364 g/mol. The smallest absolute Gasteiger partial charge is 0.233 e. The number of rotatable bonds is 5. The van der Waals surface area contributed by atoms with Gasteiger partial charge < -0.3 is 10.6 Å². The van der Waals surface area contributed by atoms with E-state index in [9.17, 15) is 9.59 Å². The molecule has 4 nitrogen and oxygen atoms in total. The first-order valence-electron chi connectivity index (χ1n) is 7.54. The van der Waals surface area contributed by atoms with E-state index in [1.54, 1.807) is 18.2 Å². The van der Waals surface area contributed by atoms with Crippen molar-refractivity contribution in [3.63, 3.8) is 0 Å². The highest BCUT2D eigenvalue weighted by Gasteiger charge is 2.14. The van der Waals surface area contributed by atoms with Gasteiger partial charge in [-0.15, -0.1) is 0 Å². The van der Waals surface area contributed by atoms with Gasteiger partial charge in [0.05, 0.1) is 15.7 Å². The van der Waals surface area contributed by atoms with Crippen molar-refractivity contribution in [3.05, 3.63) is 57.6 Å². The van der Waals surface area contributed by atoms with E-state index in [1.165, 1.54) is 0 Å². The average molecular weight is 365 g/mol. The molecule has 0 radical (unpaired) electrons. The number of carbonyl (C=O) groups is 2.